The lowest BCUT2D eigenvalue weighted by molar-refractivity contribution is -0.121. The van der Waals surface area contributed by atoms with Crippen molar-refractivity contribution < 1.29 is 23.0 Å². The number of hydrogen-bond acceptors (Lipinski definition) is 4. The molecule has 7 heteroatoms. The van der Waals surface area contributed by atoms with Gasteiger partial charge in [0, 0.05) is 35.3 Å². The van der Waals surface area contributed by atoms with Crippen LogP contribution in [-0.4, -0.2) is 30.7 Å². The van der Waals surface area contributed by atoms with Crippen molar-refractivity contribution in [2.24, 2.45) is 5.92 Å². The SMILES string of the molecule is CC(c1ccc(F)cc1F)N1CCC(C(=O)Nc2ccc3c(c2)OCO3)CC1. The summed E-state index contributed by atoms with van der Waals surface area (Å²) < 4.78 is 37.8. The van der Waals surface area contributed by atoms with E-state index in [1.807, 2.05) is 6.92 Å². The van der Waals surface area contributed by atoms with Crippen molar-refractivity contribution in [3.8, 4) is 11.5 Å². The highest BCUT2D eigenvalue weighted by atomic mass is 19.1. The fraction of sp³-hybridized carbons (Fsp3) is 0.381. The van der Waals surface area contributed by atoms with Crippen molar-refractivity contribution in [2.75, 3.05) is 25.2 Å². The van der Waals surface area contributed by atoms with Crippen molar-refractivity contribution in [1.82, 2.24) is 4.90 Å². The zero-order valence-corrected chi connectivity index (χ0v) is 15.6. The summed E-state index contributed by atoms with van der Waals surface area (Å²) in [5.41, 5.74) is 1.16. The van der Waals surface area contributed by atoms with Gasteiger partial charge in [-0.25, -0.2) is 8.78 Å². The Bertz CT molecular complexity index is 882. The van der Waals surface area contributed by atoms with Crippen molar-refractivity contribution in [3.05, 3.63) is 53.6 Å². The van der Waals surface area contributed by atoms with Crippen LogP contribution in [0.25, 0.3) is 0 Å². The number of hydrogen-bond donors (Lipinski definition) is 1. The van der Waals surface area contributed by atoms with E-state index in [1.165, 1.54) is 12.1 Å². The predicted octanol–water partition coefficient (Wildman–Crippen LogP) is 4.11. The highest BCUT2D eigenvalue weighted by Crippen LogP contribution is 2.35. The number of carbonyl (C=O) groups excluding carboxylic acids is 1. The molecule has 2 aromatic rings. The van der Waals surface area contributed by atoms with Gasteiger partial charge >= 0.3 is 0 Å². The topological polar surface area (TPSA) is 50.8 Å². The fourth-order valence-electron chi connectivity index (χ4n) is 3.80. The summed E-state index contributed by atoms with van der Waals surface area (Å²) in [6.07, 6.45) is 1.37. The van der Waals surface area contributed by atoms with Gasteiger partial charge in [-0.1, -0.05) is 6.07 Å². The van der Waals surface area contributed by atoms with Gasteiger partial charge in [0.25, 0.3) is 0 Å². The lowest BCUT2D eigenvalue weighted by atomic mass is 9.93. The lowest BCUT2D eigenvalue weighted by Crippen LogP contribution is -2.39. The van der Waals surface area contributed by atoms with Crippen LogP contribution in [0.4, 0.5) is 14.5 Å². The zero-order chi connectivity index (χ0) is 19.7. The highest BCUT2D eigenvalue weighted by molar-refractivity contribution is 5.93. The molecule has 2 aliphatic heterocycles. The summed E-state index contributed by atoms with van der Waals surface area (Å²) in [4.78, 5) is 14.7. The van der Waals surface area contributed by atoms with E-state index in [4.69, 9.17) is 9.47 Å². The normalized spacial score (nSPS) is 18.1. The molecule has 1 saturated heterocycles. The smallest absolute Gasteiger partial charge is 0.231 e. The van der Waals surface area contributed by atoms with Gasteiger partial charge in [0.05, 0.1) is 0 Å². The van der Waals surface area contributed by atoms with Crippen LogP contribution < -0.4 is 14.8 Å². The largest absolute Gasteiger partial charge is 0.454 e. The van der Waals surface area contributed by atoms with Gasteiger partial charge in [0.1, 0.15) is 11.6 Å². The van der Waals surface area contributed by atoms with Crippen molar-refractivity contribution in [3.63, 3.8) is 0 Å². The van der Waals surface area contributed by atoms with Crippen LogP contribution >= 0.6 is 0 Å². The molecule has 1 atom stereocenters. The summed E-state index contributed by atoms with van der Waals surface area (Å²) in [7, 11) is 0. The Morgan fingerprint density at radius 3 is 2.61 bits per heavy atom. The van der Waals surface area contributed by atoms with Gasteiger partial charge < -0.3 is 14.8 Å². The van der Waals surface area contributed by atoms with Crippen LogP contribution in [0.5, 0.6) is 11.5 Å². The summed E-state index contributed by atoms with van der Waals surface area (Å²) in [5.74, 6) is 0.0599. The standard InChI is InChI=1S/C21H22F2N2O3/c1-13(17-4-2-15(22)10-18(17)23)25-8-6-14(7-9-25)21(26)24-16-3-5-19-20(11-16)28-12-27-19/h2-5,10-11,13-14H,6-9,12H2,1H3,(H,24,26). The summed E-state index contributed by atoms with van der Waals surface area (Å²) in [6.45, 7) is 3.45. The molecule has 28 heavy (non-hydrogen) atoms. The van der Waals surface area contributed by atoms with Crippen LogP contribution in [0.1, 0.15) is 31.4 Å². The van der Waals surface area contributed by atoms with Gasteiger partial charge in [-0.3, -0.25) is 9.69 Å². The van der Waals surface area contributed by atoms with E-state index in [2.05, 4.69) is 10.2 Å². The second-order valence-electron chi connectivity index (χ2n) is 7.21. The minimum Gasteiger partial charge on any atom is -0.454 e. The number of benzene rings is 2. The van der Waals surface area contributed by atoms with Crippen molar-refractivity contribution >= 4 is 11.6 Å². The molecule has 2 aliphatic rings. The number of amides is 1. The Balaban J connectivity index is 1.34. The van der Waals surface area contributed by atoms with Crippen LogP contribution in [0.15, 0.2) is 36.4 Å². The van der Waals surface area contributed by atoms with E-state index in [0.29, 0.717) is 48.7 Å². The number of rotatable bonds is 4. The van der Waals surface area contributed by atoms with E-state index in [-0.39, 0.29) is 24.7 Å². The predicted molar refractivity (Wildman–Crippen MR) is 100 cm³/mol. The van der Waals surface area contributed by atoms with Gasteiger partial charge in [-0.05, 0) is 51.1 Å². The number of piperidine rings is 1. The van der Waals surface area contributed by atoms with Crippen molar-refractivity contribution in [2.45, 2.75) is 25.8 Å². The number of fused-ring (bicyclic) bond motifs is 1. The van der Waals surface area contributed by atoms with Gasteiger partial charge in [0.2, 0.25) is 12.7 Å². The minimum absolute atomic E-state index is 0.0286. The molecule has 1 amide bonds. The second kappa shape index (κ2) is 7.75. The Morgan fingerprint density at radius 2 is 1.86 bits per heavy atom. The first-order valence-electron chi connectivity index (χ1n) is 9.41. The van der Waals surface area contributed by atoms with E-state index < -0.39 is 11.6 Å². The maximum Gasteiger partial charge on any atom is 0.231 e. The molecule has 148 valence electrons. The second-order valence-corrected chi connectivity index (χ2v) is 7.21. The molecule has 1 unspecified atom stereocenters. The molecule has 1 fully saturated rings. The third-order valence-corrected chi connectivity index (χ3v) is 5.50. The van der Waals surface area contributed by atoms with Gasteiger partial charge in [-0.15, -0.1) is 0 Å². The quantitative estimate of drug-likeness (QED) is 0.857. The number of likely N-dealkylation sites (tertiary alicyclic amines) is 1. The third kappa shape index (κ3) is 3.80. The van der Waals surface area contributed by atoms with Crippen molar-refractivity contribution in [1.29, 1.82) is 0 Å². The van der Waals surface area contributed by atoms with E-state index in [1.54, 1.807) is 18.2 Å². The average molecular weight is 388 g/mol. The van der Waals surface area contributed by atoms with E-state index in [0.717, 1.165) is 6.07 Å². The number of nitrogens with one attached hydrogen (secondary N) is 1. The van der Waals surface area contributed by atoms with E-state index in [9.17, 15) is 13.6 Å². The maximum atomic E-state index is 14.0. The number of nitrogens with zero attached hydrogens (tertiary/aromatic N) is 1. The molecule has 5 nitrogen and oxygen atoms in total. The highest BCUT2D eigenvalue weighted by Gasteiger charge is 2.29. The molecule has 0 saturated carbocycles. The first-order chi connectivity index (χ1) is 13.5. The molecule has 0 aromatic heterocycles. The van der Waals surface area contributed by atoms with Crippen LogP contribution in [0.3, 0.4) is 0 Å². The average Bonchev–Trinajstić information content (AvgIpc) is 3.15. The van der Waals surface area contributed by atoms with Crippen LogP contribution in [0, 0.1) is 17.6 Å². The molecule has 4 rings (SSSR count). The Hall–Kier alpha value is -2.67. The minimum atomic E-state index is -0.577. The Kier molecular flexibility index (Phi) is 5.17. The molecule has 2 aromatic carbocycles. The van der Waals surface area contributed by atoms with E-state index >= 15 is 0 Å². The first-order valence-corrected chi connectivity index (χ1v) is 9.41. The van der Waals surface area contributed by atoms with Crippen LogP contribution in [-0.2, 0) is 4.79 Å². The fourth-order valence-corrected chi connectivity index (χ4v) is 3.80. The number of anilines is 1. The number of ether oxygens (including phenoxy) is 2. The summed E-state index contributed by atoms with van der Waals surface area (Å²) in [5, 5.41) is 2.94. The molecule has 2 heterocycles. The molecular formula is C21H22F2N2O3. The summed E-state index contributed by atoms with van der Waals surface area (Å²) in [6, 6.07) is 8.85. The first kappa shape index (κ1) is 18.7. The summed E-state index contributed by atoms with van der Waals surface area (Å²) >= 11 is 0. The zero-order valence-electron chi connectivity index (χ0n) is 15.6. The molecular weight excluding hydrogens is 366 g/mol. The Labute approximate surface area is 162 Å². The molecule has 0 bridgehead atoms. The molecule has 0 spiro atoms. The molecule has 0 radical (unpaired) electrons. The van der Waals surface area contributed by atoms with Gasteiger partial charge in [-0.2, -0.15) is 0 Å². The monoisotopic (exact) mass is 388 g/mol. The third-order valence-electron chi connectivity index (χ3n) is 5.50. The number of carbonyl (C=O) groups is 1. The lowest BCUT2D eigenvalue weighted by Gasteiger charge is -2.35. The van der Waals surface area contributed by atoms with Crippen LogP contribution in [0.2, 0.25) is 0 Å². The molecule has 1 N–H and O–H groups in total. The number of halogens is 2. The maximum absolute atomic E-state index is 14.0. The molecule has 0 aliphatic carbocycles. The van der Waals surface area contributed by atoms with Gasteiger partial charge in [0.15, 0.2) is 11.5 Å². The Morgan fingerprint density at radius 1 is 1.11 bits per heavy atom.